The molecule has 0 atom stereocenters. The third-order valence-electron chi connectivity index (χ3n) is 6.00. The van der Waals surface area contributed by atoms with E-state index in [9.17, 15) is 4.79 Å². The van der Waals surface area contributed by atoms with Gasteiger partial charge >= 0.3 is 17.3 Å². The summed E-state index contributed by atoms with van der Waals surface area (Å²) in [5.74, 6) is 0.220. The van der Waals surface area contributed by atoms with E-state index in [0.29, 0.717) is 0 Å². The molecule has 2 aromatic rings. The maximum absolute atomic E-state index is 10.6. The van der Waals surface area contributed by atoms with E-state index in [1.54, 1.807) is 0 Å². The van der Waals surface area contributed by atoms with Crippen molar-refractivity contribution in [2.75, 3.05) is 24.5 Å². The summed E-state index contributed by atoms with van der Waals surface area (Å²) in [6, 6.07) is 8.77. The Morgan fingerprint density at radius 3 is 2.63 bits per heavy atom. The highest BCUT2D eigenvalue weighted by Crippen LogP contribution is 2.40. The molecule has 0 spiro atoms. The summed E-state index contributed by atoms with van der Waals surface area (Å²) < 4.78 is 6.39. The number of nitrogens with one attached hydrogen (secondary N) is 1. The Morgan fingerprint density at radius 2 is 1.93 bits per heavy atom. The predicted molar refractivity (Wildman–Crippen MR) is 124 cm³/mol. The van der Waals surface area contributed by atoms with Crippen LogP contribution in [0.2, 0.25) is 0 Å². The quantitative estimate of drug-likeness (QED) is 0.381. The first kappa shape index (κ1) is 22.1. The second-order valence-electron chi connectivity index (χ2n) is 8.78. The van der Waals surface area contributed by atoms with Gasteiger partial charge in [-0.1, -0.05) is 20.3 Å². The van der Waals surface area contributed by atoms with E-state index in [1.807, 2.05) is 0 Å². The van der Waals surface area contributed by atoms with E-state index in [4.69, 9.17) is 9.52 Å². The van der Waals surface area contributed by atoms with Crippen molar-refractivity contribution in [2.45, 2.75) is 65.2 Å². The fourth-order valence-electron chi connectivity index (χ4n) is 4.27. The molecule has 1 aliphatic carbocycles. The molecule has 1 heterocycles. The summed E-state index contributed by atoms with van der Waals surface area (Å²) >= 11 is 0. The molecule has 5 nitrogen and oxygen atoms in total. The van der Waals surface area contributed by atoms with Crippen LogP contribution in [0.3, 0.4) is 0 Å². The molecule has 0 saturated heterocycles. The van der Waals surface area contributed by atoms with Gasteiger partial charge in [0.15, 0.2) is 0 Å². The summed E-state index contributed by atoms with van der Waals surface area (Å²) in [4.78, 5) is 12.9. The second kappa shape index (κ2) is 9.50. The molecule has 0 fully saturated rings. The van der Waals surface area contributed by atoms with Crippen LogP contribution in [0.15, 0.2) is 34.4 Å². The Kier molecular flexibility index (Phi) is 7.01. The number of carboxylic acid groups (broad SMARTS) is 1. The van der Waals surface area contributed by atoms with Gasteiger partial charge in [-0.2, -0.15) is 0 Å². The smallest absolute Gasteiger partial charge is 0.362 e. The van der Waals surface area contributed by atoms with Crippen LogP contribution < -0.4 is 10.2 Å². The summed E-state index contributed by atoms with van der Waals surface area (Å²) in [7, 11) is 0. The fourth-order valence-corrected chi connectivity index (χ4v) is 4.27. The van der Waals surface area contributed by atoms with Crippen molar-refractivity contribution < 1.29 is 14.3 Å². The van der Waals surface area contributed by atoms with Crippen molar-refractivity contribution in [3.63, 3.8) is 0 Å². The predicted octanol–water partition coefficient (Wildman–Crippen LogP) is 5.82. The number of rotatable bonds is 10. The number of nitrogens with zero attached hydrogens (tertiary/aromatic N) is 1. The molecule has 2 N–H and O–H groups in total. The third kappa shape index (κ3) is 5.13. The van der Waals surface area contributed by atoms with Crippen LogP contribution >= 0.6 is 0 Å². The molecule has 0 aliphatic heterocycles. The highest BCUT2D eigenvalue weighted by atomic mass is 16.4. The van der Waals surface area contributed by atoms with Crippen LogP contribution in [0.5, 0.6) is 0 Å². The summed E-state index contributed by atoms with van der Waals surface area (Å²) in [6.07, 6.45) is 5.97. The lowest BCUT2D eigenvalue weighted by atomic mass is 9.76. The number of anilines is 1. The van der Waals surface area contributed by atoms with E-state index >= 15 is 0 Å². The fraction of sp³-hybridized carbons (Fsp3) is 0.520. The zero-order valence-corrected chi connectivity index (χ0v) is 18.8. The molecule has 3 rings (SSSR count). The normalized spacial score (nSPS) is 14.9. The van der Waals surface area contributed by atoms with Crippen molar-refractivity contribution in [1.82, 2.24) is 5.32 Å². The monoisotopic (exact) mass is 411 g/mol. The van der Waals surface area contributed by atoms with Crippen molar-refractivity contribution in [3.05, 3.63) is 41.3 Å². The van der Waals surface area contributed by atoms with Crippen LogP contribution in [0.25, 0.3) is 17.0 Å². The first-order chi connectivity index (χ1) is 14.3. The van der Waals surface area contributed by atoms with Gasteiger partial charge in [0.05, 0.1) is 23.1 Å². The molecule has 0 amide bonds. The summed E-state index contributed by atoms with van der Waals surface area (Å²) in [6.45, 7) is 11.7. The number of unbranched alkanes of at least 4 members (excludes halogenated alkanes) is 2. The van der Waals surface area contributed by atoms with E-state index < -0.39 is 5.97 Å². The number of fused-ring (bicyclic) bond motifs is 2. The van der Waals surface area contributed by atoms with E-state index in [-0.39, 0.29) is 11.8 Å². The van der Waals surface area contributed by atoms with Crippen LogP contribution in [-0.2, 0) is 10.2 Å². The molecule has 0 unspecified atom stereocenters. The lowest BCUT2D eigenvalue weighted by Gasteiger charge is -2.29. The molecule has 0 bridgehead atoms. The average molecular weight is 412 g/mol. The molecule has 162 valence electrons. The Bertz CT molecular complexity index is 929. The number of allylic oxidation sites excluding steroid dienone is 1. The molecule has 1 aliphatic rings. The summed E-state index contributed by atoms with van der Waals surface area (Å²) in [5.41, 5.74) is 4.53. The molecule has 5 heteroatoms. The SMILES string of the molecule is CCN(CC)c1ccc2cc3c([o+]c2c1)C=C(NCCCCCC(=O)O)CC3(C)C. The Morgan fingerprint density at radius 1 is 1.17 bits per heavy atom. The van der Waals surface area contributed by atoms with E-state index in [1.165, 1.54) is 16.9 Å². The Balaban J connectivity index is 1.79. The molecule has 0 saturated carbocycles. The highest BCUT2D eigenvalue weighted by Gasteiger charge is 2.35. The Hall–Kier alpha value is -2.56. The minimum absolute atomic E-state index is 0.00897. The van der Waals surface area contributed by atoms with Gasteiger partial charge < -0.3 is 15.3 Å². The molecule has 0 radical (unpaired) electrons. The van der Waals surface area contributed by atoms with Gasteiger partial charge in [0, 0.05) is 42.9 Å². The second-order valence-corrected chi connectivity index (χ2v) is 8.78. The maximum atomic E-state index is 10.6. The average Bonchev–Trinajstić information content (AvgIpc) is 2.69. The molecule has 1 aromatic carbocycles. The van der Waals surface area contributed by atoms with Gasteiger partial charge in [-0.25, -0.2) is 4.42 Å². The number of carboxylic acids is 1. The van der Waals surface area contributed by atoms with Gasteiger partial charge in [0.2, 0.25) is 0 Å². The number of aliphatic carboxylic acids is 1. The zero-order chi connectivity index (χ0) is 21.7. The lowest BCUT2D eigenvalue weighted by Crippen LogP contribution is -2.28. The zero-order valence-electron chi connectivity index (χ0n) is 18.8. The van der Waals surface area contributed by atoms with Gasteiger partial charge in [-0.15, -0.1) is 0 Å². The van der Waals surface area contributed by atoms with Gasteiger partial charge in [-0.3, -0.25) is 4.79 Å². The van der Waals surface area contributed by atoms with Gasteiger partial charge in [0.1, 0.15) is 0 Å². The first-order valence-corrected chi connectivity index (χ1v) is 11.2. The van der Waals surface area contributed by atoms with Crippen LogP contribution in [0.4, 0.5) is 5.69 Å². The van der Waals surface area contributed by atoms with Crippen LogP contribution in [-0.4, -0.2) is 30.7 Å². The lowest BCUT2D eigenvalue weighted by molar-refractivity contribution is -0.137. The maximum Gasteiger partial charge on any atom is 0.362 e. The molecule has 1 aromatic heterocycles. The minimum Gasteiger partial charge on any atom is -0.481 e. The topological polar surface area (TPSA) is 63.9 Å². The van der Waals surface area contributed by atoms with Gasteiger partial charge in [0.25, 0.3) is 0 Å². The number of benzene rings is 1. The largest absolute Gasteiger partial charge is 0.481 e. The van der Waals surface area contributed by atoms with E-state index in [2.05, 4.69) is 68.3 Å². The van der Waals surface area contributed by atoms with Crippen molar-refractivity contribution in [2.24, 2.45) is 0 Å². The van der Waals surface area contributed by atoms with Crippen LogP contribution in [0.1, 0.15) is 71.1 Å². The third-order valence-corrected chi connectivity index (χ3v) is 6.00. The minimum atomic E-state index is -0.714. The Labute approximate surface area is 179 Å². The molecule has 30 heavy (non-hydrogen) atoms. The number of hydrogen-bond acceptors (Lipinski definition) is 3. The number of hydrogen-bond donors (Lipinski definition) is 2. The molecular formula is C25H35N2O3+. The van der Waals surface area contributed by atoms with Gasteiger partial charge in [-0.05, 0) is 51.3 Å². The number of carbonyl (C=O) groups is 1. The van der Waals surface area contributed by atoms with Crippen molar-refractivity contribution in [1.29, 1.82) is 0 Å². The van der Waals surface area contributed by atoms with E-state index in [0.717, 1.165) is 62.0 Å². The first-order valence-electron chi connectivity index (χ1n) is 11.2. The summed E-state index contributed by atoms with van der Waals surface area (Å²) in [5, 5.41) is 13.4. The van der Waals surface area contributed by atoms with Crippen molar-refractivity contribution >= 4 is 28.7 Å². The van der Waals surface area contributed by atoms with Crippen molar-refractivity contribution in [3.8, 4) is 0 Å². The molecular weight excluding hydrogens is 376 g/mol. The standard InChI is InChI=1S/C25H34N2O3/c1-5-27(6-2)20-12-11-18-14-21-23(30-22(18)16-20)15-19(17-25(21,3)4)26-13-9-7-8-10-24(28)29/h11-12,14-16,26H,5-10,13,17H2,1-4H3/p+1. The highest BCUT2D eigenvalue weighted by molar-refractivity contribution is 5.83. The van der Waals surface area contributed by atoms with Crippen LogP contribution in [0, 0.1) is 0 Å².